The molecule has 0 spiro atoms. The summed E-state index contributed by atoms with van der Waals surface area (Å²) in [6.45, 7) is 0. The minimum absolute atomic E-state index is 0.165. The highest BCUT2D eigenvalue weighted by Crippen LogP contribution is 2.30. The molecule has 0 aliphatic carbocycles. The smallest absolute Gasteiger partial charge is 0.0324 e. The number of anilines is 2. The summed E-state index contributed by atoms with van der Waals surface area (Å²) in [7, 11) is 0. The molecule has 2 aromatic carbocycles. The lowest BCUT2D eigenvalue weighted by Crippen LogP contribution is -1.87. The monoisotopic (exact) mass is 311 g/mol. The van der Waals surface area contributed by atoms with E-state index < -0.39 is 0 Å². The minimum Gasteiger partial charge on any atom is -0.399 e. The molecule has 3 heteroatoms. The quantitative estimate of drug-likeness (QED) is 0.662. The SMILES string of the molecule is Nc1cccc([I]c2cccc(N)c2)c1. The van der Waals surface area contributed by atoms with E-state index in [9.17, 15) is 0 Å². The molecule has 0 amide bonds. The lowest BCUT2D eigenvalue weighted by Gasteiger charge is -2.03. The third kappa shape index (κ3) is 2.86. The summed E-state index contributed by atoms with van der Waals surface area (Å²) in [5, 5.41) is 0. The second-order valence-electron chi connectivity index (χ2n) is 3.20. The summed E-state index contributed by atoms with van der Waals surface area (Å²) in [5.74, 6) is 0. The number of rotatable bonds is 2. The van der Waals surface area contributed by atoms with Gasteiger partial charge in [0.25, 0.3) is 0 Å². The summed E-state index contributed by atoms with van der Waals surface area (Å²) in [6, 6.07) is 16.1. The van der Waals surface area contributed by atoms with E-state index in [2.05, 4.69) is 12.1 Å². The van der Waals surface area contributed by atoms with Crippen molar-refractivity contribution in [3.05, 3.63) is 55.7 Å². The molecular weight excluding hydrogens is 299 g/mol. The summed E-state index contributed by atoms with van der Waals surface area (Å²) >= 11 is -0.165. The number of benzene rings is 2. The van der Waals surface area contributed by atoms with Gasteiger partial charge in [0.05, 0.1) is 0 Å². The van der Waals surface area contributed by atoms with Crippen LogP contribution in [0.1, 0.15) is 0 Å². The normalized spacial score (nSPS) is 10.1. The first-order chi connectivity index (χ1) is 7.24. The third-order valence-electron chi connectivity index (χ3n) is 1.92. The second kappa shape index (κ2) is 4.53. The second-order valence-corrected chi connectivity index (χ2v) is 6.24. The van der Waals surface area contributed by atoms with Gasteiger partial charge in [0.2, 0.25) is 0 Å². The first-order valence-electron chi connectivity index (χ1n) is 4.60. The van der Waals surface area contributed by atoms with Crippen molar-refractivity contribution < 1.29 is 0 Å². The van der Waals surface area contributed by atoms with E-state index in [1.807, 2.05) is 36.4 Å². The van der Waals surface area contributed by atoms with Gasteiger partial charge >= 0.3 is 0 Å². The Morgan fingerprint density at radius 2 is 1.20 bits per heavy atom. The number of hydrogen-bond acceptors (Lipinski definition) is 2. The van der Waals surface area contributed by atoms with Gasteiger partial charge in [0.1, 0.15) is 0 Å². The van der Waals surface area contributed by atoms with Crippen LogP contribution in [0, 0.1) is 7.14 Å². The topological polar surface area (TPSA) is 52.0 Å². The molecule has 0 aliphatic rings. The summed E-state index contributed by atoms with van der Waals surface area (Å²) in [4.78, 5) is 0. The molecule has 0 unspecified atom stereocenters. The molecule has 0 aliphatic heterocycles. The van der Waals surface area contributed by atoms with E-state index in [4.69, 9.17) is 11.5 Å². The zero-order chi connectivity index (χ0) is 10.7. The van der Waals surface area contributed by atoms with Gasteiger partial charge < -0.3 is 11.5 Å². The number of halogens is 1. The maximum atomic E-state index is 5.74. The third-order valence-corrected chi connectivity index (χ3v) is 4.50. The van der Waals surface area contributed by atoms with Crippen molar-refractivity contribution in [2.75, 3.05) is 11.5 Å². The van der Waals surface area contributed by atoms with Gasteiger partial charge in [-0.1, -0.05) is 33.3 Å². The number of hydrogen-bond donors (Lipinski definition) is 2. The fraction of sp³-hybridized carbons (Fsp3) is 0. The molecule has 2 rings (SSSR count). The van der Waals surface area contributed by atoms with Gasteiger partial charge in [-0.15, -0.1) is 0 Å². The van der Waals surface area contributed by atoms with Crippen LogP contribution in [-0.4, -0.2) is 0 Å². The molecule has 0 heterocycles. The average Bonchev–Trinajstić information content (AvgIpc) is 2.17. The lowest BCUT2D eigenvalue weighted by molar-refractivity contribution is 1.62. The first-order valence-corrected chi connectivity index (χ1v) is 6.76. The predicted octanol–water partition coefficient (Wildman–Crippen LogP) is 2.86. The molecule has 0 bridgehead atoms. The maximum absolute atomic E-state index is 5.74. The molecule has 2 aromatic rings. The number of nitrogens with two attached hydrogens (primary N) is 2. The van der Waals surface area contributed by atoms with Gasteiger partial charge in [-0.2, -0.15) is 0 Å². The molecule has 0 atom stereocenters. The Bertz CT molecular complexity index is 425. The average molecular weight is 311 g/mol. The number of nitrogen functional groups attached to an aromatic ring is 2. The van der Waals surface area contributed by atoms with Gasteiger partial charge in [-0.05, 0) is 36.4 Å². The van der Waals surface area contributed by atoms with Gasteiger partial charge in [-0.25, -0.2) is 0 Å². The Morgan fingerprint density at radius 3 is 1.60 bits per heavy atom. The van der Waals surface area contributed by atoms with Crippen molar-refractivity contribution >= 4 is 32.6 Å². The maximum Gasteiger partial charge on any atom is 0.0324 e. The van der Waals surface area contributed by atoms with Crippen LogP contribution >= 0.6 is 21.2 Å². The lowest BCUT2D eigenvalue weighted by atomic mass is 10.3. The summed E-state index contributed by atoms with van der Waals surface area (Å²) < 4.78 is 2.64. The molecule has 0 fully saturated rings. The van der Waals surface area contributed by atoms with Crippen molar-refractivity contribution in [3.63, 3.8) is 0 Å². The molecule has 77 valence electrons. The largest absolute Gasteiger partial charge is 0.399 e. The Balaban J connectivity index is 2.22. The summed E-state index contributed by atoms with van der Waals surface area (Å²) in [6.07, 6.45) is 0. The molecule has 4 N–H and O–H groups in total. The van der Waals surface area contributed by atoms with E-state index in [0.29, 0.717) is 0 Å². The van der Waals surface area contributed by atoms with Crippen LogP contribution in [0.2, 0.25) is 0 Å². The van der Waals surface area contributed by atoms with E-state index in [1.54, 1.807) is 0 Å². The zero-order valence-corrected chi connectivity index (χ0v) is 10.3. The van der Waals surface area contributed by atoms with Crippen molar-refractivity contribution in [1.29, 1.82) is 0 Å². The van der Waals surface area contributed by atoms with Crippen LogP contribution in [0.25, 0.3) is 0 Å². The summed E-state index contributed by atoms with van der Waals surface area (Å²) in [5.41, 5.74) is 13.1. The van der Waals surface area contributed by atoms with E-state index in [1.165, 1.54) is 7.14 Å². The Morgan fingerprint density at radius 1 is 0.733 bits per heavy atom. The van der Waals surface area contributed by atoms with Crippen molar-refractivity contribution in [2.45, 2.75) is 0 Å². The Kier molecular flexibility index (Phi) is 3.11. The van der Waals surface area contributed by atoms with E-state index in [0.717, 1.165) is 11.4 Å². The fourth-order valence-corrected chi connectivity index (χ4v) is 3.78. The van der Waals surface area contributed by atoms with Crippen molar-refractivity contribution in [1.82, 2.24) is 0 Å². The van der Waals surface area contributed by atoms with Crippen LogP contribution in [0.5, 0.6) is 0 Å². The molecule has 0 saturated heterocycles. The molecule has 15 heavy (non-hydrogen) atoms. The molecule has 2 nitrogen and oxygen atoms in total. The molecule has 0 saturated carbocycles. The van der Waals surface area contributed by atoms with Crippen molar-refractivity contribution in [2.24, 2.45) is 0 Å². The highest BCUT2D eigenvalue weighted by molar-refractivity contribution is 14.2. The predicted molar refractivity (Wildman–Crippen MR) is 73.1 cm³/mol. The molecular formula is C12H12IN2. The van der Waals surface area contributed by atoms with E-state index >= 15 is 0 Å². The van der Waals surface area contributed by atoms with E-state index in [-0.39, 0.29) is 21.2 Å². The Hall–Kier alpha value is -1.23. The Labute approximate surface area is 99.6 Å². The van der Waals surface area contributed by atoms with Gasteiger partial charge in [-0.3, -0.25) is 0 Å². The van der Waals surface area contributed by atoms with Crippen LogP contribution in [0.3, 0.4) is 0 Å². The highest BCUT2D eigenvalue weighted by atomic mass is 127. The first kappa shape index (κ1) is 10.3. The van der Waals surface area contributed by atoms with Crippen LogP contribution in [0.4, 0.5) is 11.4 Å². The van der Waals surface area contributed by atoms with Gasteiger partial charge in [0, 0.05) is 18.5 Å². The van der Waals surface area contributed by atoms with Gasteiger partial charge in [0.15, 0.2) is 0 Å². The minimum atomic E-state index is -0.165. The fourth-order valence-electron chi connectivity index (χ4n) is 1.26. The van der Waals surface area contributed by atoms with Crippen LogP contribution in [-0.2, 0) is 0 Å². The zero-order valence-electron chi connectivity index (χ0n) is 8.15. The standard InChI is InChI=1S/C12H12IN2/c14-11-5-1-3-9(7-11)13-10-4-2-6-12(15)8-10/h1-8H,14-15H2. The van der Waals surface area contributed by atoms with Crippen LogP contribution < -0.4 is 11.5 Å². The molecule has 1 radical (unpaired) electrons. The molecule has 0 aromatic heterocycles. The van der Waals surface area contributed by atoms with Crippen LogP contribution in [0.15, 0.2) is 48.5 Å². The van der Waals surface area contributed by atoms with Crippen molar-refractivity contribution in [3.8, 4) is 0 Å². The highest BCUT2D eigenvalue weighted by Gasteiger charge is 1.97.